The van der Waals surface area contributed by atoms with Crippen molar-refractivity contribution in [2.24, 2.45) is 0 Å². The summed E-state index contributed by atoms with van der Waals surface area (Å²) in [5, 5.41) is 8.87. The molecule has 5 nitrogen and oxygen atoms in total. The van der Waals surface area contributed by atoms with Gasteiger partial charge in [-0.25, -0.2) is 0 Å². The van der Waals surface area contributed by atoms with E-state index in [1.807, 2.05) is 24.3 Å². The lowest BCUT2D eigenvalue weighted by Crippen LogP contribution is -2.01. The summed E-state index contributed by atoms with van der Waals surface area (Å²) >= 11 is 0. The van der Waals surface area contributed by atoms with Crippen molar-refractivity contribution in [2.75, 3.05) is 14.2 Å². The quantitative estimate of drug-likeness (QED) is 0.704. The van der Waals surface area contributed by atoms with E-state index in [4.69, 9.17) is 14.6 Å². The minimum Gasteiger partial charge on any atom is -0.493 e. The highest BCUT2D eigenvalue weighted by atomic mass is 16.5. The Morgan fingerprint density at radius 3 is 2.52 bits per heavy atom. The van der Waals surface area contributed by atoms with E-state index in [9.17, 15) is 9.59 Å². The third-order valence-corrected chi connectivity index (χ3v) is 5.05. The molecular weight excluding hydrogens is 344 g/mol. The van der Waals surface area contributed by atoms with Gasteiger partial charge in [-0.15, -0.1) is 0 Å². The Bertz CT molecular complexity index is 869. The van der Waals surface area contributed by atoms with Crippen LogP contribution in [0.5, 0.6) is 11.5 Å². The first-order chi connectivity index (χ1) is 13.0. The Kier molecular flexibility index (Phi) is 5.79. The molecular formula is C22H24O5. The molecule has 0 bridgehead atoms. The average Bonchev–Trinajstić information content (AvgIpc) is 3.04. The fourth-order valence-corrected chi connectivity index (χ4v) is 3.71. The molecule has 2 aromatic carbocycles. The second-order valence-electron chi connectivity index (χ2n) is 6.72. The third kappa shape index (κ3) is 3.97. The zero-order chi connectivity index (χ0) is 19.4. The number of methoxy groups -OCH3 is 2. The van der Waals surface area contributed by atoms with Gasteiger partial charge in [0.1, 0.15) is 0 Å². The summed E-state index contributed by atoms with van der Waals surface area (Å²) in [5.41, 5.74) is 4.99. The van der Waals surface area contributed by atoms with Crippen LogP contribution in [0.15, 0.2) is 30.3 Å². The molecule has 0 heterocycles. The number of Topliss-reactive ketones (excluding diaryl/α,β-unsaturated/α-hetero) is 1. The molecule has 5 heteroatoms. The molecule has 0 saturated heterocycles. The standard InChI is InChI=1S/C22H24O5/c1-26-20-12-10-16(14-7-9-17-15(13-14)8-11-19(17)23)18(22(20)27-2)5-3-4-6-21(24)25/h7,9-10,12-13H,3-6,8,11H2,1-2H3,(H,24,25). The van der Waals surface area contributed by atoms with Crippen molar-refractivity contribution < 1.29 is 24.2 Å². The van der Waals surface area contributed by atoms with Gasteiger partial charge in [0.05, 0.1) is 14.2 Å². The number of aliphatic carboxylic acids is 1. The number of ether oxygens (including phenoxy) is 2. The predicted molar refractivity (Wildman–Crippen MR) is 103 cm³/mol. The van der Waals surface area contributed by atoms with Crippen LogP contribution < -0.4 is 9.47 Å². The number of aryl methyl sites for hydroxylation is 1. The van der Waals surface area contributed by atoms with Crippen LogP contribution in [0.2, 0.25) is 0 Å². The van der Waals surface area contributed by atoms with Crippen LogP contribution >= 0.6 is 0 Å². The molecule has 0 spiro atoms. The zero-order valence-electron chi connectivity index (χ0n) is 15.7. The number of benzene rings is 2. The summed E-state index contributed by atoms with van der Waals surface area (Å²) in [5.74, 6) is 0.765. The van der Waals surface area contributed by atoms with Gasteiger partial charge in [-0.05, 0) is 48.4 Å². The van der Waals surface area contributed by atoms with Crippen LogP contribution in [0.1, 0.15) is 47.2 Å². The van der Waals surface area contributed by atoms with Crippen LogP contribution in [-0.4, -0.2) is 31.1 Å². The smallest absolute Gasteiger partial charge is 0.303 e. The minimum atomic E-state index is -0.781. The van der Waals surface area contributed by atoms with E-state index < -0.39 is 5.97 Å². The normalized spacial score (nSPS) is 12.7. The molecule has 3 rings (SSSR count). The van der Waals surface area contributed by atoms with Crippen molar-refractivity contribution in [3.63, 3.8) is 0 Å². The van der Waals surface area contributed by atoms with Crippen molar-refractivity contribution in [1.82, 2.24) is 0 Å². The van der Waals surface area contributed by atoms with E-state index in [1.165, 1.54) is 0 Å². The second kappa shape index (κ2) is 8.25. The number of hydrogen-bond donors (Lipinski definition) is 1. The fraction of sp³-hybridized carbons (Fsp3) is 0.364. The second-order valence-corrected chi connectivity index (χ2v) is 6.72. The van der Waals surface area contributed by atoms with Gasteiger partial charge in [-0.2, -0.15) is 0 Å². The van der Waals surface area contributed by atoms with E-state index in [2.05, 4.69) is 6.07 Å². The first-order valence-corrected chi connectivity index (χ1v) is 9.17. The van der Waals surface area contributed by atoms with E-state index >= 15 is 0 Å². The molecule has 142 valence electrons. The van der Waals surface area contributed by atoms with Crippen LogP contribution in [-0.2, 0) is 17.6 Å². The van der Waals surface area contributed by atoms with E-state index in [0.29, 0.717) is 30.8 Å². The molecule has 0 amide bonds. The van der Waals surface area contributed by atoms with Gasteiger partial charge in [-0.1, -0.05) is 24.3 Å². The fourth-order valence-electron chi connectivity index (χ4n) is 3.71. The highest BCUT2D eigenvalue weighted by Gasteiger charge is 2.21. The van der Waals surface area contributed by atoms with Gasteiger partial charge < -0.3 is 14.6 Å². The molecule has 0 unspecified atom stereocenters. The summed E-state index contributed by atoms with van der Waals surface area (Å²) < 4.78 is 11.1. The SMILES string of the molecule is COc1ccc(-c2ccc3c(c2)CCC3=O)c(CCCCC(=O)O)c1OC. The summed E-state index contributed by atoms with van der Waals surface area (Å²) in [6.07, 6.45) is 3.55. The predicted octanol–water partition coefficient (Wildman–Crippen LogP) is 4.30. The number of hydrogen-bond acceptors (Lipinski definition) is 4. The monoisotopic (exact) mass is 368 g/mol. The topological polar surface area (TPSA) is 72.8 Å². The highest BCUT2D eigenvalue weighted by molar-refractivity contribution is 6.01. The number of carbonyl (C=O) groups is 2. The molecule has 0 atom stereocenters. The molecule has 0 saturated carbocycles. The molecule has 2 aromatic rings. The molecule has 1 N–H and O–H groups in total. The van der Waals surface area contributed by atoms with Crippen molar-refractivity contribution in [3.05, 3.63) is 47.0 Å². The number of carboxylic acids is 1. The maximum absolute atomic E-state index is 11.9. The van der Waals surface area contributed by atoms with Gasteiger partial charge >= 0.3 is 5.97 Å². The molecule has 1 aliphatic carbocycles. The molecule has 27 heavy (non-hydrogen) atoms. The number of unbranched alkanes of at least 4 members (excludes halogenated alkanes) is 1. The van der Waals surface area contributed by atoms with Crippen molar-refractivity contribution in [2.45, 2.75) is 38.5 Å². The highest BCUT2D eigenvalue weighted by Crippen LogP contribution is 2.40. The van der Waals surface area contributed by atoms with Crippen molar-refractivity contribution >= 4 is 11.8 Å². The van der Waals surface area contributed by atoms with Crippen LogP contribution in [0.25, 0.3) is 11.1 Å². The molecule has 0 fully saturated rings. The first kappa shape index (κ1) is 19.0. The lowest BCUT2D eigenvalue weighted by atomic mass is 9.92. The molecule has 1 aliphatic rings. The van der Waals surface area contributed by atoms with Crippen molar-refractivity contribution in [3.8, 4) is 22.6 Å². The molecule has 0 aliphatic heterocycles. The summed E-state index contributed by atoms with van der Waals surface area (Å²) in [7, 11) is 3.22. The summed E-state index contributed by atoms with van der Waals surface area (Å²) in [4.78, 5) is 22.7. The zero-order valence-corrected chi connectivity index (χ0v) is 15.7. The molecule has 0 radical (unpaired) electrons. The van der Waals surface area contributed by atoms with Gasteiger partial charge in [0, 0.05) is 24.0 Å². The number of ketones is 1. The lowest BCUT2D eigenvalue weighted by Gasteiger charge is -2.18. The van der Waals surface area contributed by atoms with Crippen LogP contribution in [0.3, 0.4) is 0 Å². The summed E-state index contributed by atoms with van der Waals surface area (Å²) in [6, 6.07) is 9.86. The van der Waals surface area contributed by atoms with Crippen LogP contribution in [0, 0.1) is 0 Å². The lowest BCUT2D eigenvalue weighted by molar-refractivity contribution is -0.137. The van der Waals surface area contributed by atoms with Crippen molar-refractivity contribution in [1.29, 1.82) is 0 Å². The Hall–Kier alpha value is -2.82. The Labute approximate surface area is 158 Å². The van der Waals surface area contributed by atoms with Gasteiger partial charge in [0.2, 0.25) is 0 Å². The maximum Gasteiger partial charge on any atom is 0.303 e. The van der Waals surface area contributed by atoms with Crippen LogP contribution in [0.4, 0.5) is 0 Å². The van der Waals surface area contributed by atoms with Gasteiger partial charge in [-0.3, -0.25) is 9.59 Å². The van der Waals surface area contributed by atoms with E-state index in [0.717, 1.165) is 40.7 Å². The minimum absolute atomic E-state index is 0.155. The number of fused-ring (bicyclic) bond motifs is 1. The average molecular weight is 368 g/mol. The largest absolute Gasteiger partial charge is 0.493 e. The Morgan fingerprint density at radius 1 is 1.04 bits per heavy atom. The first-order valence-electron chi connectivity index (χ1n) is 9.17. The maximum atomic E-state index is 11.9. The number of carboxylic acid groups (broad SMARTS) is 1. The van der Waals surface area contributed by atoms with Gasteiger partial charge in [0.15, 0.2) is 17.3 Å². The Morgan fingerprint density at radius 2 is 1.81 bits per heavy atom. The number of rotatable bonds is 8. The molecule has 0 aromatic heterocycles. The summed E-state index contributed by atoms with van der Waals surface area (Å²) in [6.45, 7) is 0. The Balaban J connectivity index is 1.98. The van der Waals surface area contributed by atoms with E-state index in [1.54, 1.807) is 14.2 Å². The van der Waals surface area contributed by atoms with E-state index in [-0.39, 0.29) is 12.2 Å². The number of carbonyl (C=O) groups excluding carboxylic acids is 1. The third-order valence-electron chi connectivity index (χ3n) is 5.05. The van der Waals surface area contributed by atoms with Gasteiger partial charge in [0.25, 0.3) is 0 Å².